The molecule has 4 rings (SSSR count). The van der Waals surface area contributed by atoms with E-state index >= 15 is 0 Å². The molecular formula is C20H25N5O3. The second-order valence-electron chi connectivity index (χ2n) is 7.46. The van der Waals surface area contributed by atoms with Crippen molar-refractivity contribution in [1.82, 2.24) is 20.1 Å². The third-order valence-corrected chi connectivity index (χ3v) is 5.92. The number of aromatic amines is 1. The highest BCUT2D eigenvalue weighted by Crippen LogP contribution is 2.44. The van der Waals surface area contributed by atoms with E-state index in [4.69, 9.17) is 0 Å². The van der Waals surface area contributed by atoms with Crippen LogP contribution < -0.4 is 5.32 Å². The molecule has 0 saturated heterocycles. The third kappa shape index (κ3) is 2.84. The molecule has 8 heteroatoms. The molecule has 1 aliphatic heterocycles. The molecule has 148 valence electrons. The second-order valence-corrected chi connectivity index (χ2v) is 7.46. The zero-order chi connectivity index (χ0) is 20.0. The molecule has 2 aromatic rings. The second kappa shape index (κ2) is 6.94. The van der Waals surface area contributed by atoms with Gasteiger partial charge in [-0.1, -0.05) is 6.08 Å². The van der Waals surface area contributed by atoms with Gasteiger partial charge in [0.25, 0.3) is 5.69 Å². The number of nitro benzene ring substituents is 1. The van der Waals surface area contributed by atoms with Crippen molar-refractivity contribution < 1.29 is 9.72 Å². The Kier molecular flexibility index (Phi) is 4.58. The molecule has 0 bridgehead atoms. The highest BCUT2D eigenvalue weighted by atomic mass is 16.6. The summed E-state index contributed by atoms with van der Waals surface area (Å²) in [4.78, 5) is 31.1. The van der Waals surface area contributed by atoms with Crippen molar-refractivity contribution in [2.45, 2.75) is 32.4 Å². The van der Waals surface area contributed by atoms with Crippen LogP contribution >= 0.6 is 0 Å². The monoisotopic (exact) mass is 383 g/mol. The molecule has 1 aliphatic carbocycles. The van der Waals surface area contributed by atoms with E-state index in [-0.39, 0.29) is 28.7 Å². The summed E-state index contributed by atoms with van der Waals surface area (Å²) in [7, 11) is 2.01. The summed E-state index contributed by atoms with van der Waals surface area (Å²) in [6, 6.07) is 3.10. The Bertz CT molecular complexity index is 976. The number of nitrogens with zero attached hydrogens (tertiary/aromatic N) is 3. The van der Waals surface area contributed by atoms with Crippen LogP contribution in [0.1, 0.15) is 25.0 Å². The van der Waals surface area contributed by atoms with Gasteiger partial charge in [0.05, 0.1) is 16.5 Å². The lowest BCUT2D eigenvalue weighted by molar-refractivity contribution is -0.385. The fraction of sp³-hybridized carbons (Fsp3) is 0.450. The van der Waals surface area contributed by atoms with Crippen LogP contribution in [0.2, 0.25) is 0 Å². The molecule has 28 heavy (non-hydrogen) atoms. The minimum Gasteiger partial charge on any atom is -0.361 e. The number of hydrogen-bond donors (Lipinski definition) is 2. The van der Waals surface area contributed by atoms with Gasteiger partial charge in [-0.05, 0) is 44.5 Å². The van der Waals surface area contributed by atoms with Crippen molar-refractivity contribution in [1.29, 1.82) is 0 Å². The highest BCUT2D eigenvalue weighted by molar-refractivity contribution is 6.02. The van der Waals surface area contributed by atoms with Gasteiger partial charge in [0.2, 0.25) is 0 Å². The van der Waals surface area contributed by atoms with Crippen LogP contribution in [0.15, 0.2) is 24.4 Å². The minimum atomic E-state index is -0.313. The summed E-state index contributed by atoms with van der Waals surface area (Å²) < 4.78 is 0. The molecule has 2 atom stereocenters. The molecule has 2 amide bonds. The molecule has 0 radical (unpaired) electrons. The normalized spacial score (nSPS) is 21.2. The number of urea groups is 1. The molecule has 2 N–H and O–H groups in total. The number of carbonyl (C=O) groups excluding carboxylic acids is 1. The van der Waals surface area contributed by atoms with Crippen LogP contribution in [0.4, 0.5) is 10.5 Å². The minimum absolute atomic E-state index is 0.0641. The number of fused-ring (bicyclic) bond motifs is 2. The van der Waals surface area contributed by atoms with Crippen molar-refractivity contribution in [3.8, 4) is 0 Å². The predicted octanol–water partition coefficient (Wildman–Crippen LogP) is 2.75. The van der Waals surface area contributed by atoms with Gasteiger partial charge in [-0.2, -0.15) is 0 Å². The molecule has 2 aliphatic rings. The van der Waals surface area contributed by atoms with E-state index in [1.807, 2.05) is 33.2 Å². The van der Waals surface area contributed by atoms with Gasteiger partial charge in [0, 0.05) is 48.8 Å². The zero-order valence-electron chi connectivity index (χ0n) is 16.4. The van der Waals surface area contributed by atoms with Crippen LogP contribution in [-0.4, -0.2) is 64.5 Å². The van der Waals surface area contributed by atoms with Gasteiger partial charge in [0.15, 0.2) is 0 Å². The summed E-state index contributed by atoms with van der Waals surface area (Å²) in [6.45, 7) is 5.85. The maximum atomic E-state index is 12.5. The van der Waals surface area contributed by atoms with Crippen molar-refractivity contribution in [3.63, 3.8) is 0 Å². The number of benzene rings is 1. The number of nitrogens with one attached hydrogen (secondary N) is 2. The number of hydrogen-bond acceptors (Lipinski definition) is 4. The zero-order valence-corrected chi connectivity index (χ0v) is 16.4. The fourth-order valence-electron chi connectivity index (χ4n) is 4.52. The Morgan fingerprint density at radius 1 is 1.39 bits per heavy atom. The summed E-state index contributed by atoms with van der Waals surface area (Å²) in [5.41, 5.74) is 3.75. The van der Waals surface area contributed by atoms with Crippen LogP contribution in [-0.2, 0) is 6.42 Å². The van der Waals surface area contributed by atoms with Gasteiger partial charge in [-0.25, -0.2) is 4.79 Å². The van der Waals surface area contributed by atoms with E-state index in [1.165, 1.54) is 0 Å². The van der Waals surface area contributed by atoms with Crippen molar-refractivity contribution in [2.24, 2.45) is 0 Å². The Balaban J connectivity index is 1.79. The van der Waals surface area contributed by atoms with Gasteiger partial charge in [-0.15, -0.1) is 0 Å². The first kappa shape index (κ1) is 18.5. The van der Waals surface area contributed by atoms with E-state index in [0.29, 0.717) is 25.2 Å². The quantitative estimate of drug-likeness (QED) is 0.627. The van der Waals surface area contributed by atoms with Crippen LogP contribution in [0.3, 0.4) is 0 Å². The molecule has 2 heterocycles. The number of nitro groups is 1. The molecule has 0 fully saturated rings. The Labute approximate surface area is 163 Å². The lowest BCUT2D eigenvalue weighted by Gasteiger charge is -2.40. The number of rotatable bonds is 4. The highest BCUT2D eigenvalue weighted by Gasteiger charge is 2.38. The molecule has 0 spiro atoms. The van der Waals surface area contributed by atoms with Gasteiger partial charge >= 0.3 is 6.03 Å². The number of aromatic nitrogens is 1. The van der Waals surface area contributed by atoms with Crippen molar-refractivity contribution in [3.05, 3.63) is 45.6 Å². The summed E-state index contributed by atoms with van der Waals surface area (Å²) in [5.74, 6) is 0. The number of amides is 2. The molecular weight excluding hydrogens is 358 g/mol. The predicted molar refractivity (Wildman–Crippen MR) is 108 cm³/mol. The van der Waals surface area contributed by atoms with Crippen molar-refractivity contribution in [2.75, 3.05) is 26.7 Å². The standard InChI is InChI=1S/C20H25N5O3/c1-4-24(5-2)20(26)22-13-9-14-17(23(3)11-13)8-12-10-21-15-6-7-16(25(27)28)19(14)18(12)15/h6-7,9-10,13,17,21H,4-5,8,11H2,1-3H3,(H,22,26)/t13-,17-/m1/s1. The maximum absolute atomic E-state index is 12.5. The van der Waals surface area contributed by atoms with E-state index < -0.39 is 0 Å². The van der Waals surface area contributed by atoms with Gasteiger partial charge in [-0.3, -0.25) is 15.0 Å². The maximum Gasteiger partial charge on any atom is 0.317 e. The largest absolute Gasteiger partial charge is 0.361 e. The molecule has 0 unspecified atom stereocenters. The lowest BCUT2D eigenvalue weighted by atomic mass is 9.80. The topological polar surface area (TPSA) is 94.5 Å². The molecule has 1 aromatic heterocycles. The first-order valence-electron chi connectivity index (χ1n) is 9.69. The van der Waals surface area contributed by atoms with Crippen molar-refractivity contribution >= 4 is 28.2 Å². The molecule has 1 aromatic carbocycles. The van der Waals surface area contributed by atoms with E-state index in [9.17, 15) is 14.9 Å². The van der Waals surface area contributed by atoms with E-state index in [2.05, 4.69) is 15.2 Å². The molecule has 8 nitrogen and oxygen atoms in total. The lowest BCUT2D eigenvalue weighted by Crippen LogP contribution is -2.52. The summed E-state index contributed by atoms with van der Waals surface area (Å²) in [6.07, 6.45) is 4.77. The first-order valence-corrected chi connectivity index (χ1v) is 9.69. The van der Waals surface area contributed by atoms with Crippen LogP contribution in [0.5, 0.6) is 0 Å². The number of carbonyl (C=O) groups is 1. The van der Waals surface area contributed by atoms with E-state index in [1.54, 1.807) is 17.0 Å². The Hall–Kier alpha value is -2.87. The number of H-pyrrole nitrogens is 1. The smallest absolute Gasteiger partial charge is 0.317 e. The number of likely N-dealkylation sites (N-methyl/N-ethyl adjacent to an activating group) is 1. The van der Waals surface area contributed by atoms with Gasteiger partial charge < -0.3 is 15.2 Å². The van der Waals surface area contributed by atoms with Gasteiger partial charge in [0.1, 0.15) is 0 Å². The Morgan fingerprint density at radius 3 is 2.82 bits per heavy atom. The average molecular weight is 383 g/mol. The van der Waals surface area contributed by atoms with E-state index in [0.717, 1.165) is 28.5 Å². The third-order valence-electron chi connectivity index (χ3n) is 5.92. The van der Waals surface area contributed by atoms with Crippen LogP contribution in [0.25, 0.3) is 16.5 Å². The fourth-order valence-corrected chi connectivity index (χ4v) is 4.52. The molecule has 0 saturated carbocycles. The SMILES string of the molecule is CCN(CC)C(=O)N[C@@H]1C=C2c3c([N+](=O)[O-])ccc4[nH]cc(c34)C[C@H]2N(C)C1. The average Bonchev–Trinajstić information content (AvgIpc) is 3.07. The Morgan fingerprint density at radius 2 is 2.14 bits per heavy atom. The van der Waals surface area contributed by atoms with Crippen LogP contribution in [0, 0.1) is 10.1 Å². The first-order chi connectivity index (χ1) is 13.4. The summed E-state index contributed by atoms with van der Waals surface area (Å²) in [5, 5.41) is 15.7. The summed E-state index contributed by atoms with van der Waals surface area (Å²) >= 11 is 0.